The lowest BCUT2D eigenvalue weighted by Gasteiger charge is -2.47. The summed E-state index contributed by atoms with van der Waals surface area (Å²) < 4.78 is 13.4. The molecule has 0 saturated carbocycles. The maximum absolute atomic E-state index is 6.72. The van der Waals surface area contributed by atoms with Crippen molar-refractivity contribution in [1.82, 2.24) is 4.90 Å². The summed E-state index contributed by atoms with van der Waals surface area (Å²) in [5.41, 5.74) is 2.62. The third-order valence-electron chi connectivity index (χ3n) is 6.42. The van der Waals surface area contributed by atoms with Crippen LogP contribution in [0.5, 0.6) is 0 Å². The van der Waals surface area contributed by atoms with Crippen LogP contribution in [0.2, 0.25) is 0 Å². The van der Waals surface area contributed by atoms with Gasteiger partial charge in [0.1, 0.15) is 0 Å². The van der Waals surface area contributed by atoms with Gasteiger partial charge in [-0.15, -0.1) is 0 Å². The topological polar surface area (TPSA) is 21.7 Å². The molecule has 0 N–H and O–H groups in total. The van der Waals surface area contributed by atoms with E-state index in [2.05, 4.69) is 72.6 Å². The number of piperidine rings is 1. The number of nitrogens with zero attached hydrogens (tertiary/aromatic N) is 1. The minimum absolute atomic E-state index is 0.0843. The smallest absolute Gasteiger partial charge is 0.237 e. The maximum atomic E-state index is 6.72. The van der Waals surface area contributed by atoms with Crippen LogP contribution in [-0.4, -0.2) is 24.4 Å². The van der Waals surface area contributed by atoms with E-state index in [-0.39, 0.29) is 17.6 Å². The Balaban J connectivity index is 1.52. The van der Waals surface area contributed by atoms with Crippen molar-refractivity contribution in [2.75, 3.05) is 13.6 Å². The zero-order chi connectivity index (χ0) is 16.9. The molecule has 3 heterocycles. The fourth-order valence-electron chi connectivity index (χ4n) is 5.25. The minimum Gasteiger partial charge on any atom is -0.329 e. The summed E-state index contributed by atoms with van der Waals surface area (Å²) in [7, 11) is 2.16. The highest BCUT2D eigenvalue weighted by molar-refractivity contribution is 5.25. The standard InChI is InChI=1S/C22H25NO2/c1-23-14-8-13-21-15-19(17-9-4-2-5-10-17)24-22(21,23)25-20(16-21)18-11-6-3-7-12-18/h2-7,9-12,19-20H,8,13-16H2,1H3/t19-,20+,21?,22?. The Kier molecular flexibility index (Phi) is 3.53. The van der Waals surface area contributed by atoms with E-state index in [0.717, 1.165) is 19.4 Å². The summed E-state index contributed by atoms with van der Waals surface area (Å²) in [6.45, 7) is 1.03. The number of benzene rings is 2. The van der Waals surface area contributed by atoms with Crippen molar-refractivity contribution < 1.29 is 9.47 Å². The van der Waals surface area contributed by atoms with Gasteiger partial charge in [0.2, 0.25) is 5.91 Å². The van der Waals surface area contributed by atoms with Crippen molar-refractivity contribution in [3.8, 4) is 0 Å². The molecular weight excluding hydrogens is 310 g/mol. The van der Waals surface area contributed by atoms with Gasteiger partial charge in [0.15, 0.2) is 0 Å². The summed E-state index contributed by atoms with van der Waals surface area (Å²) in [6.07, 6.45) is 4.74. The van der Waals surface area contributed by atoms with Gasteiger partial charge in [0.05, 0.1) is 12.2 Å². The van der Waals surface area contributed by atoms with E-state index >= 15 is 0 Å². The Morgan fingerprint density at radius 3 is 1.84 bits per heavy atom. The molecule has 2 aromatic rings. The van der Waals surface area contributed by atoms with Gasteiger partial charge in [0.25, 0.3) is 0 Å². The molecular formula is C22H25NO2. The second-order valence-corrected chi connectivity index (χ2v) is 7.83. The monoisotopic (exact) mass is 335 g/mol. The largest absolute Gasteiger partial charge is 0.329 e. The Morgan fingerprint density at radius 1 is 0.840 bits per heavy atom. The first-order valence-corrected chi connectivity index (χ1v) is 9.39. The number of hydrogen-bond donors (Lipinski definition) is 0. The van der Waals surface area contributed by atoms with E-state index in [1.54, 1.807) is 0 Å². The Labute approximate surface area is 149 Å². The van der Waals surface area contributed by atoms with E-state index in [0.29, 0.717) is 0 Å². The van der Waals surface area contributed by atoms with Crippen molar-refractivity contribution >= 4 is 0 Å². The van der Waals surface area contributed by atoms with Crippen molar-refractivity contribution in [2.45, 2.75) is 43.8 Å². The quantitative estimate of drug-likeness (QED) is 0.796. The van der Waals surface area contributed by atoms with Crippen LogP contribution in [-0.2, 0) is 9.47 Å². The van der Waals surface area contributed by atoms with Gasteiger partial charge in [-0.3, -0.25) is 4.90 Å². The molecule has 3 saturated heterocycles. The summed E-state index contributed by atoms with van der Waals surface area (Å²) in [6, 6.07) is 21.3. The van der Waals surface area contributed by atoms with Crippen LogP contribution in [0, 0.1) is 5.41 Å². The highest BCUT2D eigenvalue weighted by Gasteiger charge is 2.69. The molecule has 3 aliphatic rings. The minimum atomic E-state index is -0.577. The van der Waals surface area contributed by atoms with Crippen molar-refractivity contribution in [3.63, 3.8) is 0 Å². The summed E-state index contributed by atoms with van der Waals surface area (Å²) in [5, 5.41) is 0. The van der Waals surface area contributed by atoms with E-state index in [9.17, 15) is 0 Å². The van der Waals surface area contributed by atoms with Gasteiger partial charge in [0, 0.05) is 12.0 Å². The van der Waals surface area contributed by atoms with Gasteiger partial charge >= 0.3 is 0 Å². The molecule has 0 spiro atoms. The number of hydrogen-bond acceptors (Lipinski definition) is 3. The first-order chi connectivity index (χ1) is 12.2. The van der Waals surface area contributed by atoms with E-state index in [4.69, 9.17) is 9.47 Å². The number of likely N-dealkylation sites (tertiary alicyclic amines) is 1. The van der Waals surface area contributed by atoms with Crippen molar-refractivity contribution in [1.29, 1.82) is 0 Å². The summed E-state index contributed by atoms with van der Waals surface area (Å²) in [4.78, 5) is 2.32. The third kappa shape index (κ3) is 2.23. The molecule has 0 radical (unpaired) electrons. The van der Waals surface area contributed by atoms with Gasteiger partial charge in [-0.25, -0.2) is 0 Å². The maximum Gasteiger partial charge on any atom is 0.237 e. The van der Waals surface area contributed by atoms with Gasteiger partial charge in [-0.2, -0.15) is 0 Å². The molecule has 130 valence electrons. The van der Waals surface area contributed by atoms with Crippen molar-refractivity contribution in [2.24, 2.45) is 5.41 Å². The Hall–Kier alpha value is -1.68. The zero-order valence-electron chi connectivity index (χ0n) is 14.7. The second-order valence-electron chi connectivity index (χ2n) is 7.83. The Bertz CT molecular complexity index is 694. The molecule has 0 aliphatic carbocycles. The van der Waals surface area contributed by atoms with Gasteiger partial charge in [-0.1, -0.05) is 60.7 Å². The molecule has 25 heavy (non-hydrogen) atoms. The number of ether oxygens (including phenoxy) is 2. The van der Waals surface area contributed by atoms with Crippen LogP contribution in [0.3, 0.4) is 0 Å². The molecule has 3 fully saturated rings. The number of rotatable bonds is 2. The predicted octanol–water partition coefficient (Wildman–Crippen LogP) is 4.68. The molecule has 3 heteroatoms. The SMILES string of the molecule is CN1CCCC23C[C@@H](c4ccccc4)OC12O[C@@H](c1ccccc1)C3. The van der Waals surface area contributed by atoms with Gasteiger partial charge < -0.3 is 9.47 Å². The Morgan fingerprint density at radius 2 is 1.36 bits per heavy atom. The molecule has 0 aromatic heterocycles. The van der Waals surface area contributed by atoms with Crippen LogP contribution >= 0.6 is 0 Å². The normalized spacial score (nSPS) is 37.6. The van der Waals surface area contributed by atoms with Crippen molar-refractivity contribution in [3.05, 3.63) is 71.8 Å². The van der Waals surface area contributed by atoms with E-state index in [1.807, 2.05) is 0 Å². The lowest BCUT2D eigenvalue weighted by molar-refractivity contribution is -0.333. The highest BCUT2D eigenvalue weighted by Crippen LogP contribution is 2.67. The average Bonchev–Trinajstić information content (AvgIpc) is 3.16. The third-order valence-corrected chi connectivity index (χ3v) is 6.42. The molecule has 2 aromatic carbocycles. The van der Waals surface area contributed by atoms with Gasteiger partial charge in [-0.05, 0) is 43.9 Å². The predicted molar refractivity (Wildman–Crippen MR) is 96.8 cm³/mol. The molecule has 2 unspecified atom stereocenters. The lowest BCUT2D eigenvalue weighted by atomic mass is 9.71. The first-order valence-electron chi connectivity index (χ1n) is 9.39. The highest BCUT2D eigenvalue weighted by atomic mass is 16.7. The van der Waals surface area contributed by atoms with Crippen LogP contribution in [0.4, 0.5) is 0 Å². The molecule has 3 nitrogen and oxygen atoms in total. The second kappa shape index (κ2) is 5.66. The van der Waals surface area contributed by atoms with E-state index < -0.39 is 5.91 Å². The lowest BCUT2D eigenvalue weighted by Crippen LogP contribution is -2.58. The van der Waals surface area contributed by atoms with Crippen LogP contribution in [0.1, 0.15) is 49.0 Å². The fourth-order valence-corrected chi connectivity index (χ4v) is 5.25. The fraction of sp³-hybridized carbons (Fsp3) is 0.455. The molecule has 0 bridgehead atoms. The average molecular weight is 335 g/mol. The molecule has 3 aliphatic heterocycles. The van der Waals surface area contributed by atoms with Crippen LogP contribution in [0.15, 0.2) is 60.7 Å². The summed E-state index contributed by atoms with van der Waals surface area (Å²) >= 11 is 0. The van der Waals surface area contributed by atoms with Crippen LogP contribution in [0.25, 0.3) is 0 Å². The van der Waals surface area contributed by atoms with E-state index in [1.165, 1.54) is 24.0 Å². The zero-order valence-corrected chi connectivity index (χ0v) is 14.7. The molecule has 5 rings (SSSR count). The van der Waals surface area contributed by atoms with Crippen LogP contribution < -0.4 is 0 Å². The first kappa shape index (κ1) is 15.6. The summed E-state index contributed by atoms with van der Waals surface area (Å²) in [5.74, 6) is -0.577. The molecule has 4 atom stereocenters. The molecule has 0 amide bonds.